The molecule has 1 aromatic carbocycles. The lowest BCUT2D eigenvalue weighted by atomic mass is 10.1. The average molecular weight is 210 g/mol. The molecule has 3 heteroatoms. The molecule has 1 aromatic rings. The highest BCUT2D eigenvalue weighted by atomic mass is 35.5. The van der Waals surface area contributed by atoms with E-state index in [9.17, 15) is 0 Å². The normalized spacial score (nSPS) is 26.3. The second kappa shape index (κ2) is 3.62. The predicted molar refractivity (Wildman–Crippen MR) is 57.2 cm³/mol. The maximum atomic E-state index is 8.62. The number of rotatable bonds is 2. The van der Waals surface area contributed by atoms with Crippen LogP contribution in [0.1, 0.15) is 24.8 Å². The fraction of sp³-hybridized carbons (Fsp3) is 0.364. The van der Waals surface area contributed by atoms with Gasteiger partial charge in [0, 0.05) is 10.9 Å². The molecule has 1 aliphatic rings. The molecule has 0 aromatic heterocycles. The van der Waals surface area contributed by atoms with Gasteiger partial charge in [-0.25, -0.2) is 0 Å². The van der Waals surface area contributed by atoms with Crippen LogP contribution in [0.4, 0.5) is 0 Å². The summed E-state index contributed by atoms with van der Waals surface area (Å²) in [5.74, 6) is 0.935. The van der Waals surface area contributed by atoms with Crippen molar-refractivity contribution in [1.82, 2.24) is 0 Å². The van der Waals surface area contributed by atoms with Crippen molar-refractivity contribution in [2.75, 3.05) is 0 Å². The van der Waals surface area contributed by atoms with Crippen LogP contribution in [0, 0.1) is 5.92 Å². The molecule has 0 radical (unpaired) electrons. The first-order chi connectivity index (χ1) is 6.72. The highest BCUT2D eigenvalue weighted by Crippen LogP contribution is 2.48. The van der Waals surface area contributed by atoms with E-state index < -0.39 is 0 Å². The smallest absolute Gasteiger partial charge is 0.0577 e. The van der Waals surface area contributed by atoms with Gasteiger partial charge in [0.15, 0.2) is 0 Å². The van der Waals surface area contributed by atoms with Gasteiger partial charge in [-0.1, -0.05) is 28.9 Å². The van der Waals surface area contributed by atoms with Crippen LogP contribution in [0.5, 0.6) is 0 Å². The maximum Gasteiger partial charge on any atom is 0.0577 e. The molecule has 1 saturated carbocycles. The van der Waals surface area contributed by atoms with E-state index in [4.69, 9.17) is 16.8 Å². The minimum atomic E-state index is 0.418. The maximum absolute atomic E-state index is 8.62. The molecule has 14 heavy (non-hydrogen) atoms. The Morgan fingerprint density at radius 2 is 2.07 bits per heavy atom. The standard InChI is InChI=1S/C11H12ClNO/c1-7(13-14)10-6-11(10)8-2-4-9(12)5-3-8/h2-5,10-11,14H,6H2,1H3/t10-,11+/m1/s1. The molecule has 2 nitrogen and oxygen atoms in total. The van der Waals surface area contributed by atoms with Gasteiger partial charge in [-0.15, -0.1) is 0 Å². The zero-order valence-corrected chi connectivity index (χ0v) is 8.70. The van der Waals surface area contributed by atoms with Crippen LogP contribution in [-0.2, 0) is 0 Å². The zero-order chi connectivity index (χ0) is 10.1. The van der Waals surface area contributed by atoms with Crippen LogP contribution in [0.3, 0.4) is 0 Å². The molecule has 0 bridgehead atoms. The monoisotopic (exact) mass is 209 g/mol. The molecular weight excluding hydrogens is 198 g/mol. The van der Waals surface area contributed by atoms with E-state index in [1.807, 2.05) is 31.2 Å². The number of nitrogens with zero attached hydrogens (tertiary/aromatic N) is 1. The third-order valence-corrected chi connectivity index (χ3v) is 3.03. The summed E-state index contributed by atoms with van der Waals surface area (Å²) in [6, 6.07) is 7.88. The Balaban J connectivity index is 2.10. The van der Waals surface area contributed by atoms with Gasteiger partial charge in [0.05, 0.1) is 5.71 Å². The number of hydrogen-bond acceptors (Lipinski definition) is 2. The Bertz CT molecular complexity index is 358. The van der Waals surface area contributed by atoms with E-state index in [1.165, 1.54) is 5.56 Å². The van der Waals surface area contributed by atoms with Gasteiger partial charge in [0.1, 0.15) is 0 Å². The van der Waals surface area contributed by atoms with Crippen molar-refractivity contribution in [1.29, 1.82) is 0 Å². The largest absolute Gasteiger partial charge is 0.411 e. The molecule has 1 N–H and O–H groups in total. The zero-order valence-electron chi connectivity index (χ0n) is 7.94. The van der Waals surface area contributed by atoms with E-state index in [0.29, 0.717) is 11.8 Å². The highest BCUT2D eigenvalue weighted by molar-refractivity contribution is 6.30. The fourth-order valence-electron chi connectivity index (χ4n) is 1.81. The SMILES string of the molecule is CC(=NO)[C@H]1C[C@H]1c1ccc(Cl)cc1. The van der Waals surface area contributed by atoms with Crippen molar-refractivity contribution in [3.05, 3.63) is 34.9 Å². The van der Waals surface area contributed by atoms with E-state index in [2.05, 4.69) is 5.16 Å². The summed E-state index contributed by atoms with van der Waals surface area (Å²) in [5, 5.41) is 12.6. The molecule has 0 aliphatic heterocycles. The summed E-state index contributed by atoms with van der Waals surface area (Å²) in [4.78, 5) is 0. The Morgan fingerprint density at radius 1 is 1.43 bits per heavy atom. The van der Waals surface area contributed by atoms with Gasteiger partial charge in [0.25, 0.3) is 0 Å². The lowest BCUT2D eigenvalue weighted by Gasteiger charge is -1.99. The summed E-state index contributed by atoms with van der Waals surface area (Å²) in [7, 11) is 0. The van der Waals surface area contributed by atoms with Crippen molar-refractivity contribution < 1.29 is 5.21 Å². The lowest BCUT2D eigenvalue weighted by Crippen LogP contribution is -1.95. The average Bonchev–Trinajstić information content (AvgIpc) is 2.98. The topological polar surface area (TPSA) is 32.6 Å². The fourth-order valence-corrected chi connectivity index (χ4v) is 1.94. The molecule has 2 rings (SSSR count). The van der Waals surface area contributed by atoms with Crippen LogP contribution >= 0.6 is 11.6 Å². The summed E-state index contributed by atoms with van der Waals surface area (Å²) < 4.78 is 0. The summed E-state index contributed by atoms with van der Waals surface area (Å²) in [6.07, 6.45) is 1.08. The quantitative estimate of drug-likeness (QED) is 0.453. The van der Waals surface area contributed by atoms with E-state index in [0.717, 1.165) is 17.2 Å². The number of oxime groups is 1. The second-order valence-corrected chi connectivity index (χ2v) is 4.18. The molecule has 0 saturated heterocycles. The van der Waals surface area contributed by atoms with Crippen molar-refractivity contribution in [2.45, 2.75) is 19.3 Å². The first kappa shape index (κ1) is 9.53. The van der Waals surface area contributed by atoms with Crippen molar-refractivity contribution in [2.24, 2.45) is 11.1 Å². The van der Waals surface area contributed by atoms with Gasteiger partial charge < -0.3 is 5.21 Å². The van der Waals surface area contributed by atoms with Gasteiger partial charge in [-0.05, 0) is 37.0 Å². The van der Waals surface area contributed by atoms with Crippen LogP contribution in [-0.4, -0.2) is 10.9 Å². The third kappa shape index (κ3) is 1.75. The molecule has 74 valence electrons. The van der Waals surface area contributed by atoms with E-state index in [1.54, 1.807) is 0 Å². The molecule has 0 amide bonds. The highest BCUT2D eigenvalue weighted by Gasteiger charge is 2.40. The Kier molecular flexibility index (Phi) is 2.46. The molecule has 2 atom stereocenters. The predicted octanol–water partition coefficient (Wildman–Crippen LogP) is 3.29. The molecule has 0 unspecified atom stereocenters. The van der Waals surface area contributed by atoms with Gasteiger partial charge in [-0.3, -0.25) is 0 Å². The van der Waals surface area contributed by atoms with Crippen LogP contribution in [0.15, 0.2) is 29.4 Å². The first-order valence-corrected chi connectivity index (χ1v) is 5.04. The van der Waals surface area contributed by atoms with Crippen molar-refractivity contribution >= 4 is 17.3 Å². The minimum absolute atomic E-state index is 0.418. The van der Waals surface area contributed by atoms with Gasteiger partial charge in [-0.2, -0.15) is 0 Å². The molecule has 0 spiro atoms. The van der Waals surface area contributed by atoms with Crippen LogP contribution in [0.2, 0.25) is 5.02 Å². The lowest BCUT2D eigenvalue weighted by molar-refractivity contribution is 0.316. The molecule has 1 aliphatic carbocycles. The van der Waals surface area contributed by atoms with E-state index in [-0.39, 0.29) is 0 Å². The minimum Gasteiger partial charge on any atom is -0.411 e. The third-order valence-electron chi connectivity index (χ3n) is 2.78. The van der Waals surface area contributed by atoms with Crippen molar-refractivity contribution in [3.8, 4) is 0 Å². The number of benzene rings is 1. The van der Waals surface area contributed by atoms with Crippen LogP contribution in [0.25, 0.3) is 0 Å². The van der Waals surface area contributed by atoms with Crippen molar-refractivity contribution in [3.63, 3.8) is 0 Å². The first-order valence-electron chi connectivity index (χ1n) is 4.66. The molecule has 0 heterocycles. The van der Waals surface area contributed by atoms with E-state index >= 15 is 0 Å². The second-order valence-electron chi connectivity index (χ2n) is 3.74. The number of hydrogen-bond donors (Lipinski definition) is 1. The van der Waals surface area contributed by atoms with Gasteiger partial charge in [0.2, 0.25) is 0 Å². The van der Waals surface area contributed by atoms with Gasteiger partial charge >= 0.3 is 0 Å². The Hall–Kier alpha value is -1.02. The molecular formula is C11H12ClNO. The summed E-state index contributed by atoms with van der Waals surface area (Å²) >= 11 is 5.80. The summed E-state index contributed by atoms with van der Waals surface area (Å²) in [6.45, 7) is 1.86. The Morgan fingerprint density at radius 3 is 2.64 bits per heavy atom. The van der Waals surface area contributed by atoms with Crippen LogP contribution < -0.4 is 0 Å². The number of halogens is 1. The Labute approximate surface area is 88.2 Å². The molecule has 1 fully saturated rings. The summed E-state index contributed by atoms with van der Waals surface area (Å²) in [5.41, 5.74) is 2.10.